The van der Waals surface area contributed by atoms with Crippen LogP contribution in [0.3, 0.4) is 0 Å². The average molecular weight is 2100 g/mol. The van der Waals surface area contributed by atoms with E-state index in [1.165, 1.54) is 9.80 Å². The van der Waals surface area contributed by atoms with Crippen LogP contribution in [0.2, 0.25) is 0 Å². The SMILES string of the molecule is CC(C)C[C@H](NC(=O)[C@H](CCCCN)NC(=O)[C@H](CCCCN)NC(=O)[C@H](CCCCN)NC(=O)[C@H](CC(N)=O)NC(=O)[C@@H](NC(=O)[C@@H]1CCC(=O)N1)[C@@H](C)O)C(=O)N[C@@H](CCCNC(=N)N)C(=O)NCC(=O)N[C@@H](CCCNC(=N)N)C(=O)N1CCC[C@H]1C(=O)N1CCC[C@H]1C(=O)NCC(=O)N[C@@H](Cc1ccccc1)C(=O)N[C@@H](CO)C(=O)N1CCC[C@H]1C(=O)N[C@@H](Cc1ccccc1)C(=O)N[C@@H](CCCNC(=N)N)C(=O)O. The molecule has 38 N–H and O–H groups in total. The molecule has 0 aromatic heterocycles. The molecule has 54 heteroatoms. The number of aliphatic hydroxyl groups is 2. The lowest BCUT2D eigenvalue weighted by atomic mass is 10.0. The molecular formula is C95H153N31O23. The molecule has 0 unspecified atom stereocenters. The van der Waals surface area contributed by atoms with Crippen molar-refractivity contribution in [2.75, 3.05) is 78.6 Å². The van der Waals surface area contributed by atoms with Gasteiger partial charge >= 0.3 is 5.97 Å². The molecule has 4 saturated heterocycles. The largest absolute Gasteiger partial charge is 0.480 e. The van der Waals surface area contributed by atoms with E-state index in [0.717, 1.165) is 11.8 Å². The van der Waals surface area contributed by atoms with E-state index in [9.17, 15) is 111 Å². The normalized spacial score (nSPS) is 17.8. The summed E-state index contributed by atoms with van der Waals surface area (Å²) in [5.74, 6) is -19.5. The van der Waals surface area contributed by atoms with Gasteiger partial charge in [-0.15, -0.1) is 0 Å². The van der Waals surface area contributed by atoms with Crippen molar-refractivity contribution in [1.29, 1.82) is 16.2 Å². The Balaban J connectivity index is 1.12. The first-order chi connectivity index (χ1) is 71.0. The number of carboxylic acids is 1. The number of carbonyl (C=O) groups is 20. The fourth-order valence-electron chi connectivity index (χ4n) is 17.5. The standard InChI is InChI=1S/C95H153N31O23/c1-53(2)46-64(119-80(136)60(28-12-15-39-98)116-78(134)58(26-10-13-37-96)115-79(135)59(27-11-14-38-97)117-85(141)67(49-72(99)129)121-88(144)76(54(3)128)123-81(137)61-35-36-73(130)111-61)82(138)114-57(29-16-40-106-93(100)101)77(133)109-50-74(131)112-62(30-17-41-107-94(102)103)89(145)126-45-21-34-71(126)91(147)125-44-19-32-69(125)86(142)110-51-75(132)113-65(47-55-22-6-4-7-23-55)83(139)122-68(52-127)90(146)124-43-20-33-70(124)87(143)120-66(48-56-24-8-5-9-25-56)84(140)118-63(92(148)149)31-18-42-108-95(104)105/h4-9,22-25,53-54,57-71,76,127-128H,10-21,26-52,96-98H2,1-3H3,(H2,99,129)(H,109,133)(H,110,142)(H,111,130)(H,112,131)(H,113,132)(H,114,138)(H,115,135)(H,116,134)(H,117,141)(H,118,140)(H,119,136)(H,120,143)(H,121,144)(H,122,139)(H,123,137)(H,148,149)(H4,100,101,106)(H4,102,103,107)(H4,104,105,108)/t54-,57+,58+,59+,60+,61+,62+,63+,64+,65+,66+,67+,68+,69+,70+,71+,76+/m1/s1. The first-order valence-electron chi connectivity index (χ1n) is 50.6. The van der Waals surface area contributed by atoms with E-state index in [1.54, 1.807) is 74.5 Å². The fourth-order valence-corrected chi connectivity index (χ4v) is 17.5. The number of nitrogens with two attached hydrogens (primary N) is 7. The molecule has 4 aliphatic heterocycles. The number of hydrogen-bond acceptors (Lipinski definition) is 28. The third-order valence-electron chi connectivity index (χ3n) is 25.3. The molecule has 17 atom stereocenters. The third kappa shape index (κ3) is 42.7. The van der Waals surface area contributed by atoms with Crippen molar-refractivity contribution in [2.24, 2.45) is 46.1 Å². The van der Waals surface area contributed by atoms with Crippen LogP contribution in [0.4, 0.5) is 0 Å². The Kier molecular flexibility index (Phi) is 53.3. The number of unbranched alkanes of at least 4 members (excludes halogenated alkanes) is 3. The van der Waals surface area contributed by atoms with E-state index in [2.05, 4.69) is 95.7 Å². The van der Waals surface area contributed by atoms with Gasteiger partial charge < -0.3 is 166 Å². The smallest absolute Gasteiger partial charge is 0.326 e. The van der Waals surface area contributed by atoms with Crippen molar-refractivity contribution in [2.45, 2.75) is 297 Å². The van der Waals surface area contributed by atoms with Gasteiger partial charge in [-0.3, -0.25) is 107 Å². The van der Waals surface area contributed by atoms with Gasteiger partial charge in [0, 0.05) is 58.5 Å². The zero-order valence-electron chi connectivity index (χ0n) is 84.6. The van der Waals surface area contributed by atoms with Crippen LogP contribution in [0.15, 0.2) is 60.7 Å². The Morgan fingerprint density at radius 3 is 1.21 bits per heavy atom. The van der Waals surface area contributed by atoms with Crippen LogP contribution in [0.1, 0.15) is 192 Å². The topological polar surface area (TPSA) is 882 Å². The van der Waals surface area contributed by atoms with Crippen LogP contribution in [-0.2, 0) is 109 Å². The maximum Gasteiger partial charge on any atom is 0.326 e. The monoisotopic (exact) mass is 2100 g/mol. The molecule has 4 fully saturated rings. The molecule has 0 radical (unpaired) electrons. The summed E-state index contributed by atoms with van der Waals surface area (Å²) in [6.45, 7) is 2.71. The summed E-state index contributed by atoms with van der Waals surface area (Å²) in [7, 11) is 0. The number of hydrogen-bond donors (Lipinski definition) is 31. The lowest BCUT2D eigenvalue weighted by Crippen LogP contribution is -2.61. The minimum atomic E-state index is -1.81. The van der Waals surface area contributed by atoms with Gasteiger partial charge in [-0.05, 0) is 191 Å². The van der Waals surface area contributed by atoms with Crippen molar-refractivity contribution >= 4 is 136 Å². The van der Waals surface area contributed by atoms with Crippen LogP contribution in [0.25, 0.3) is 0 Å². The number of primary amides is 1. The lowest BCUT2D eigenvalue weighted by molar-refractivity contribution is -0.148. The van der Waals surface area contributed by atoms with Gasteiger partial charge in [0.25, 0.3) is 0 Å². The summed E-state index contributed by atoms with van der Waals surface area (Å²) in [5, 5.41) is 100. The predicted molar refractivity (Wildman–Crippen MR) is 541 cm³/mol. The zero-order valence-corrected chi connectivity index (χ0v) is 84.6. The number of nitrogens with zero attached hydrogens (tertiary/aromatic N) is 3. The second kappa shape index (κ2) is 64.5. The number of amides is 19. The number of nitrogens with one attached hydrogen (secondary N) is 21. The molecule has 2 aromatic rings. The number of aliphatic carboxylic acids is 1. The molecule has 4 heterocycles. The summed E-state index contributed by atoms with van der Waals surface area (Å²) < 4.78 is 0. The Morgan fingerprint density at radius 1 is 0.396 bits per heavy atom. The predicted octanol–water partition coefficient (Wildman–Crippen LogP) is -9.67. The molecule has 0 bridgehead atoms. The number of benzene rings is 2. The number of rotatable bonds is 66. The minimum Gasteiger partial charge on any atom is -0.480 e. The van der Waals surface area contributed by atoms with Crippen LogP contribution >= 0.6 is 0 Å². The number of aliphatic hydroxyl groups excluding tert-OH is 2. The summed E-state index contributed by atoms with van der Waals surface area (Å²) in [5.41, 5.74) is 40.7. The molecule has 4 aliphatic rings. The average Bonchev–Trinajstić information content (AvgIpc) is 1.61. The molecule has 0 saturated carbocycles. The summed E-state index contributed by atoms with van der Waals surface area (Å²) in [4.78, 5) is 284. The van der Waals surface area contributed by atoms with Crippen LogP contribution in [0.5, 0.6) is 0 Å². The first kappa shape index (κ1) is 123. The lowest BCUT2D eigenvalue weighted by Gasteiger charge is -2.33. The second-order valence-electron chi connectivity index (χ2n) is 37.7. The minimum absolute atomic E-state index is 0.0000276. The van der Waals surface area contributed by atoms with Gasteiger partial charge in [-0.2, -0.15) is 0 Å². The van der Waals surface area contributed by atoms with E-state index in [1.807, 2.05) is 0 Å². The molecule has 826 valence electrons. The number of carbonyl (C=O) groups excluding carboxylic acids is 19. The van der Waals surface area contributed by atoms with Gasteiger partial charge in [0.15, 0.2) is 17.9 Å². The highest BCUT2D eigenvalue weighted by molar-refractivity contribution is 6.03. The second-order valence-corrected chi connectivity index (χ2v) is 37.7. The van der Waals surface area contributed by atoms with Crippen molar-refractivity contribution in [3.05, 3.63) is 71.8 Å². The van der Waals surface area contributed by atoms with E-state index < -0.39 is 259 Å². The Morgan fingerprint density at radius 2 is 0.772 bits per heavy atom. The highest BCUT2D eigenvalue weighted by Gasteiger charge is 2.47. The van der Waals surface area contributed by atoms with Crippen LogP contribution in [-0.4, -0.2) is 347 Å². The van der Waals surface area contributed by atoms with Crippen molar-refractivity contribution in [1.82, 2.24) is 110 Å². The zero-order chi connectivity index (χ0) is 110. The van der Waals surface area contributed by atoms with Gasteiger partial charge in [0.2, 0.25) is 112 Å². The molecule has 6 rings (SSSR count). The molecule has 0 aliphatic carbocycles. The van der Waals surface area contributed by atoms with E-state index in [-0.39, 0.29) is 212 Å². The quantitative estimate of drug-likeness (QED) is 0.0166. The van der Waals surface area contributed by atoms with Crippen LogP contribution in [0, 0.1) is 22.1 Å². The third-order valence-corrected chi connectivity index (χ3v) is 25.3. The van der Waals surface area contributed by atoms with E-state index in [4.69, 9.17) is 56.4 Å². The maximum atomic E-state index is 15.0. The van der Waals surface area contributed by atoms with Crippen molar-refractivity contribution in [3.8, 4) is 0 Å². The number of carboxylic acid groups (broad SMARTS) is 1. The maximum absolute atomic E-state index is 15.0. The summed E-state index contributed by atoms with van der Waals surface area (Å²) >= 11 is 0. The van der Waals surface area contributed by atoms with Gasteiger partial charge in [0.05, 0.1) is 32.2 Å². The Bertz CT molecular complexity index is 4890. The first-order valence-corrected chi connectivity index (χ1v) is 50.6. The van der Waals surface area contributed by atoms with Gasteiger partial charge in [-0.25, -0.2) is 4.79 Å². The van der Waals surface area contributed by atoms with Crippen molar-refractivity contribution in [3.63, 3.8) is 0 Å². The van der Waals surface area contributed by atoms with Crippen molar-refractivity contribution < 1.29 is 111 Å². The highest BCUT2D eigenvalue weighted by atomic mass is 16.4. The van der Waals surface area contributed by atoms with Crippen LogP contribution < -0.4 is 136 Å². The van der Waals surface area contributed by atoms with E-state index >= 15 is 0 Å². The molecule has 149 heavy (non-hydrogen) atoms. The molecule has 0 spiro atoms. The fraction of sp³-hybridized carbons (Fsp3) is 0.632. The highest BCUT2D eigenvalue weighted by Crippen LogP contribution is 2.28. The molecule has 54 nitrogen and oxygen atoms in total. The van der Waals surface area contributed by atoms with Gasteiger partial charge in [0.1, 0.15) is 96.7 Å². The van der Waals surface area contributed by atoms with Gasteiger partial charge in [-0.1, -0.05) is 74.5 Å². The Hall–Kier alpha value is -14.6. The molecular weight excluding hydrogens is 1940 g/mol. The molecule has 19 amide bonds. The number of guanidine groups is 3. The summed E-state index contributed by atoms with van der Waals surface area (Å²) in [6, 6.07) is -5.97. The summed E-state index contributed by atoms with van der Waals surface area (Å²) in [6.07, 6.45) is -0.117. The number of likely N-dealkylation sites (tertiary alicyclic amines) is 3. The molecule has 2 aromatic carbocycles. The Labute approximate surface area is 863 Å². The van der Waals surface area contributed by atoms with E-state index in [0.29, 0.717) is 36.8 Å².